The van der Waals surface area contributed by atoms with Crippen LogP contribution in [0.2, 0.25) is 0 Å². The molecular weight excluding hydrogens is 304 g/mol. The number of fused-ring (bicyclic) bond motifs is 2. The van der Waals surface area contributed by atoms with Crippen LogP contribution in [0.5, 0.6) is 0 Å². The van der Waals surface area contributed by atoms with Crippen LogP contribution < -0.4 is 5.32 Å². The van der Waals surface area contributed by atoms with Crippen LogP contribution in [0, 0.1) is 0 Å². The summed E-state index contributed by atoms with van der Waals surface area (Å²) in [6.45, 7) is 0.280. The van der Waals surface area contributed by atoms with E-state index in [1.54, 1.807) is 12.1 Å². The fourth-order valence-corrected chi connectivity index (χ4v) is 2.85. The van der Waals surface area contributed by atoms with Crippen LogP contribution in [-0.4, -0.2) is 23.3 Å². The molecule has 0 bridgehead atoms. The Kier molecular flexibility index (Phi) is 3.42. The van der Waals surface area contributed by atoms with Crippen molar-refractivity contribution in [3.05, 3.63) is 71.4 Å². The van der Waals surface area contributed by atoms with Crippen LogP contribution >= 0.6 is 0 Å². The lowest BCUT2D eigenvalue weighted by atomic mass is 9.99. The maximum absolute atomic E-state index is 12.4. The Morgan fingerprint density at radius 1 is 1.12 bits per heavy atom. The van der Waals surface area contributed by atoms with E-state index in [-0.39, 0.29) is 24.4 Å². The van der Waals surface area contributed by atoms with Crippen LogP contribution in [0.1, 0.15) is 32.5 Å². The van der Waals surface area contributed by atoms with Gasteiger partial charge in [0, 0.05) is 23.0 Å². The molecule has 24 heavy (non-hydrogen) atoms. The van der Waals surface area contributed by atoms with Crippen molar-refractivity contribution >= 4 is 22.7 Å². The second-order valence-corrected chi connectivity index (χ2v) is 5.60. The zero-order valence-corrected chi connectivity index (χ0v) is 12.7. The van der Waals surface area contributed by atoms with Crippen molar-refractivity contribution in [2.24, 2.45) is 10.2 Å². The summed E-state index contributed by atoms with van der Waals surface area (Å²) in [6.07, 6.45) is 0. The Bertz CT molecular complexity index is 941. The highest BCUT2D eigenvalue weighted by molar-refractivity contribution is 5.98. The number of hydrogen-bond donors (Lipinski definition) is 2. The number of para-hydroxylation sites is 1. The molecule has 0 saturated carbocycles. The molecule has 1 aromatic heterocycles. The topological polar surface area (TPSA) is 86.7 Å². The van der Waals surface area contributed by atoms with E-state index in [1.807, 2.05) is 42.5 Å². The molecule has 2 heterocycles. The molecule has 4 rings (SSSR count). The summed E-state index contributed by atoms with van der Waals surface area (Å²) in [5.74, 6) is -0.556. The minimum absolute atomic E-state index is 0.212. The van der Waals surface area contributed by atoms with Gasteiger partial charge in [-0.25, -0.2) is 0 Å². The number of nitrogens with one attached hydrogen (secondary N) is 2. The summed E-state index contributed by atoms with van der Waals surface area (Å²) < 4.78 is 0. The Morgan fingerprint density at radius 3 is 2.79 bits per heavy atom. The van der Waals surface area contributed by atoms with E-state index in [1.165, 1.54) is 0 Å². The molecule has 0 aliphatic carbocycles. The highest BCUT2D eigenvalue weighted by atomic mass is 16.2. The van der Waals surface area contributed by atoms with E-state index < -0.39 is 0 Å². The van der Waals surface area contributed by atoms with Gasteiger partial charge in [0.25, 0.3) is 11.8 Å². The number of benzene rings is 2. The van der Waals surface area contributed by atoms with Gasteiger partial charge in [-0.1, -0.05) is 36.4 Å². The molecule has 1 unspecified atom stereocenters. The number of nitrogens with zero attached hydrogens (tertiary/aromatic N) is 2. The maximum atomic E-state index is 12.4. The molecule has 1 aliphatic rings. The standard InChI is InChI=1S/C18H14N4O2/c23-17-13-7-3-2-6-12(13)16(21-22-17)10-19-18(24)15-9-11-5-1-4-8-14(11)20-15/h1-9,16,20H,10H2,(H,19,24). The number of carbonyl (C=O) groups is 2. The first-order valence-electron chi connectivity index (χ1n) is 7.62. The van der Waals surface area contributed by atoms with E-state index >= 15 is 0 Å². The van der Waals surface area contributed by atoms with Gasteiger partial charge < -0.3 is 10.3 Å². The van der Waals surface area contributed by atoms with Crippen molar-refractivity contribution in [3.8, 4) is 0 Å². The second-order valence-electron chi connectivity index (χ2n) is 5.60. The Balaban J connectivity index is 1.51. The van der Waals surface area contributed by atoms with Gasteiger partial charge in [0.2, 0.25) is 0 Å². The Hall–Kier alpha value is -3.28. The Morgan fingerprint density at radius 2 is 1.92 bits per heavy atom. The quantitative estimate of drug-likeness (QED) is 0.776. The summed E-state index contributed by atoms with van der Waals surface area (Å²) in [7, 11) is 0. The lowest BCUT2D eigenvalue weighted by Gasteiger charge is -2.18. The fourth-order valence-electron chi connectivity index (χ4n) is 2.85. The van der Waals surface area contributed by atoms with Crippen molar-refractivity contribution in [2.45, 2.75) is 6.04 Å². The summed E-state index contributed by atoms with van der Waals surface area (Å²) in [6, 6.07) is 16.4. The molecule has 1 atom stereocenters. The van der Waals surface area contributed by atoms with Gasteiger partial charge in [-0.2, -0.15) is 5.11 Å². The summed E-state index contributed by atoms with van der Waals surface area (Å²) in [4.78, 5) is 27.2. The van der Waals surface area contributed by atoms with Gasteiger partial charge in [-0.05, 0) is 23.8 Å². The van der Waals surface area contributed by atoms with Gasteiger partial charge in [0.1, 0.15) is 11.7 Å². The minimum atomic E-state index is -0.354. The van der Waals surface area contributed by atoms with E-state index in [0.29, 0.717) is 11.3 Å². The monoisotopic (exact) mass is 318 g/mol. The van der Waals surface area contributed by atoms with Crippen LogP contribution in [0.25, 0.3) is 10.9 Å². The first kappa shape index (κ1) is 14.3. The first-order chi connectivity index (χ1) is 11.7. The van der Waals surface area contributed by atoms with Gasteiger partial charge in [-0.15, -0.1) is 5.11 Å². The Labute approximate surface area is 137 Å². The predicted octanol–water partition coefficient (Wildman–Crippen LogP) is 3.25. The maximum Gasteiger partial charge on any atom is 0.295 e. The number of aromatic nitrogens is 1. The van der Waals surface area contributed by atoms with E-state index in [4.69, 9.17) is 0 Å². The van der Waals surface area contributed by atoms with Crippen LogP contribution in [0.3, 0.4) is 0 Å². The SMILES string of the molecule is O=C(NCC1N=NC(=O)c2ccccc21)c1cc2ccccc2[nH]1. The third-order valence-electron chi connectivity index (χ3n) is 4.07. The fraction of sp³-hybridized carbons (Fsp3) is 0.111. The largest absolute Gasteiger partial charge is 0.351 e. The number of rotatable bonds is 3. The summed E-state index contributed by atoms with van der Waals surface area (Å²) in [5.41, 5.74) is 2.73. The zero-order valence-electron chi connectivity index (χ0n) is 12.7. The average Bonchev–Trinajstić information content (AvgIpc) is 3.05. The van der Waals surface area contributed by atoms with Gasteiger partial charge in [0.15, 0.2) is 0 Å². The molecule has 6 heteroatoms. The predicted molar refractivity (Wildman–Crippen MR) is 89.0 cm³/mol. The molecule has 2 N–H and O–H groups in total. The van der Waals surface area contributed by atoms with E-state index in [2.05, 4.69) is 20.5 Å². The summed E-state index contributed by atoms with van der Waals surface area (Å²) in [5, 5.41) is 11.5. The number of aromatic amines is 1. The molecule has 2 amide bonds. The highest BCUT2D eigenvalue weighted by Gasteiger charge is 2.24. The lowest BCUT2D eigenvalue weighted by molar-refractivity contribution is 0.0946. The minimum Gasteiger partial charge on any atom is -0.351 e. The molecule has 0 spiro atoms. The third-order valence-corrected chi connectivity index (χ3v) is 4.07. The van der Waals surface area contributed by atoms with Crippen molar-refractivity contribution < 1.29 is 9.59 Å². The first-order valence-corrected chi connectivity index (χ1v) is 7.62. The van der Waals surface area contributed by atoms with E-state index in [0.717, 1.165) is 16.5 Å². The molecular formula is C18H14N4O2. The van der Waals surface area contributed by atoms with E-state index in [9.17, 15) is 9.59 Å². The molecule has 2 aromatic carbocycles. The second kappa shape index (κ2) is 5.73. The number of carbonyl (C=O) groups excluding carboxylic acids is 2. The summed E-state index contributed by atoms with van der Waals surface area (Å²) >= 11 is 0. The van der Waals surface area contributed by atoms with Gasteiger partial charge in [-0.3, -0.25) is 9.59 Å². The molecule has 0 fully saturated rings. The van der Waals surface area contributed by atoms with Gasteiger partial charge in [0.05, 0.1) is 0 Å². The molecule has 3 aromatic rings. The van der Waals surface area contributed by atoms with Gasteiger partial charge >= 0.3 is 0 Å². The molecule has 118 valence electrons. The number of H-pyrrole nitrogens is 1. The number of hydrogen-bond acceptors (Lipinski definition) is 3. The lowest BCUT2D eigenvalue weighted by Crippen LogP contribution is -2.29. The van der Waals surface area contributed by atoms with Crippen molar-refractivity contribution in [2.75, 3.05) is 6.54 Å². The molecule has 0 radical (unpaired) electrons. The molecule has 1 aliphatic heterocycles. The smallest absolute Gasteiger partial charge is 0.295 e. The van der Waals surface area contributed by atoms with Crippen LogP contribution in [-0.2, 0) is 0 Å². The third kappa shape index (κ3) is 2.48. The van der Waals surface area contributed by atoms with Crippen LogP contribution in [0.4, 0.5) is 0 Å². The molecule has 6 nitrogen and oxygen atoms in total. The normalized spacial score (nSPS) is 16.2. The van der Waals surface area contributed by atoms with Crippen LogP contribution in [0.15, 0.2) is 64.8 Å². The van der Waals surface area contributed by atoms with Crippen molar-refractivity contribution in [1.29, 1.82) is 0 Å². The number of azo groups is 1. The highest BCUT2D eigenvalue weighted by Crippen LogP contribution is 2.26. The number of amides is 2. The zero-order chi connectivity index (χ0) is 16.5. The molecule has 0 saturated heterocycles. The van der Waals surface area contributed by atoms with Crippen molar-refractivity contribution in [3.63, 3.8) is 0 Å². The average molecular weight is 318 g/mol. The van der Waals surface area contributed by atoms with Crippen molar-refractivity contribution in [1.82, 2.24) is 10.3 Å².